The van der Waals surface area contributed by atoms with Gasteiger partial charge >= 0.3 is 0 Å². The van der Waals surface area contributed by atoms with Crippen LogP contribution in [0.15, 0.2) is 24.3 Å². The second-order valence-electron chi connectivity index (χ2n) is 4.55. The molecule has 3 N–H and O–H groups in total. The zero-order valence-electron chi connectivity index (χ0n) is 9.66. The number of hydrogen-bond acceptors (Lipinski definition) is 2. The van der Waals surface area contributed by atoms with Crippen molar-refractivity contribution in [3.8, 4) is 0 Å². The number of nitrogens with one attached hydrogen (secondary N) is 1. The van der Waals surface area contributed by atoms with Gasteiger partial charge in [0, 0.05) is 12.6 Å². The Morgan fingerprint density at radius 2 is 2.06 bits per heavy atom. The van der Waals surface area contributed by atoms with E-state index in [0.717, 1.165) is 24.8 Å². The third kappa shape index (κ3) is 3.03. The van der Waals surface area contributed by atoms with Crippen LogP contribution in [0.3, 0.4) is 0 Å². The van der Waals surface area contributed by atoms with Gasteiger partial charge in [-0.1, -0.05) is 18.6 Å². The molecule has 2 atom stereocenters. The molecule has 2 unspecified atom stereocenters. The summed E-state index contributed by atoms with van der Waals surface area (Å²) in [5.74, 6) is -0.312. The van der Waals surface area contributed by atoms with Crippen LogP contribution < -0.4 is 11.1 Å². The SMILES string of the molecule is NC1CCCC1C(=O)NCc1ccc(F)cc1. The average Bonchev–Trinajstić information content (AvgIpc) is 2.74. The topological polar surface area (TPSA) is 55.1 Å². The minimum atomic E-state index is -0.266. The molecular formula is C13H17FN2O. The Hall–Kier alpha value is -1.42. The van der Waals surface area contributed by atoms with Gasteiger partial charge in [-0.2, -0.15) is 0 Å². The maximum absolute atomic E-state index is 12.7. The van der Waals surface area contributed by atoms with E-state index in [1.54, 1.807) is 12.1 Å². The Morgan fingerprint density at radius 3 is 2.65 bits per heavy atom. The Balaban J connectivity index is 1.85. The van der Waals surface area contributed by atoms with Gasteiger partial charge in [-0.15, -0.1) is 0 Å². The standard InChI is InChI=1S/C13H17FN2O/c14-10-6-4-9(5-7-10)8-16-13(17)11-2-1-3-12(11)15/h4-7,11-12H,1-3,8,15H2,(H,16,17). The molecule has 3 nitrogen and oxygen atoms in total. The Bertz CT molecular complexity index is 391. The summed E-state index contributed by atoms with van der Waals surface area (Å²) in [5, 5.41) is 2.85. The van der Waals surface area contributed by atoms with Gasteiger partial charge in [-0.05, 0) is 30.5 Å². The second-order valence-corrected chi connectivity index (χ2v) is 4.55. The van der Waals surface area contributed by atoms with E-state index in [0.29, 0.717) is 6.54 Å². The van der Waals surface area contributed by atoms with Crippen molar-refractivity contribution in [2.75, 3.05) is 0 Å². The van der Waals surface area contributed by atoms with Crippen molar-refractivity contribution in [1.82, 2.24) is 5.32 Å². The van der Waals surface area contributed by atoms with Gasteiger partial charge in [-0.25, -0.2) is 4.39 Å². The molecule has 0 aromatic heterocycles. The summed E-state index contributed by atoms with van der Waals surface area (Å²) in [7, 11) is 0. The molecule has 1 aliphatic carbocycles. The van der Waals surface area contributed by atoms with Gasteiger partial charge in [0.05, 0.1) is 5.92 Å². The lowest BCUT2D eigenvalue weighted by Crippen LogP contribution is -2.38. The third-order valence-corrected chi connectivity index (χ3v) is 3.29. The van der Waals surface area contributed by atoms with E-state index in [1.807, 2.05) is 0 Å². The van der Waals surface area contributed by atoms with Crippen LogP contribution in [0.25, 0.3) is 0 Å². The molecule has 0 radical (unpaired) electrons. The highest BCUT2D eigenvalue weighted by Crippen LogP contribution is 2.23. The maximum Gasteiger partial charge on any atom is 0.224 e. The molecule has 1 aromatic carbocycles. The molecule has 0 bridgehead atoms. The molecule has 1 saturated carbocycles. The molecule has 1 aliphatic rings. The predicted molar refractivity (Wildman–Crippen MR) is 63.6 cm³/mol. The summed E-state index contributed by atoms with van der Waals surface area (Å²) in [6, 6.07) is 6.11. The fraction of sp³-hybridized carbons (Fsp3) is 0.462. The summed E-state index contributed by atoms with van der Waals surface area (Å²) in [6.45, 7) is 0.433. The maximum atomic E-state index is 12.7. The molecule has 0 spiro atoms. The number of benzene rings is 1. The number of nitrogens with two attached hydrogens (primary N) is 1. The summed E-state index contributed by atoms with van der Waals surface area (Å²) >= 11 is 0. The monoisotopic (exact) mass is 236 g/mol. The molecule has 17 heavy (non-hydrogen) atoms. The van der Waals surface area contributed by atoms with Crippen molar-refractivity contribution in [3.05, 3.63) is 35.6 Å². The Kier molecular flexibility index (Phi) is 3.74. The number of halogens is 1. The highest BCUT2D eigenvalue weighted by atomic mass is 19.1. The van der Waals surface area contributed by atoms with Crippen LogP contribution in [0.1, 0.15) is 24.8 Å². The zero-order chi connectivity index (χ0) is 12.3. The zero-order valence-corrected chi connectivity index (χ0v) is 9.66. The molecule has 92 valence electrons. The fourth-order valence-electron chi connectivity index (χ4n) is 2.24. The number of hydrogen-bond donors (Lipinski definition) is 2. The van der Waals surface area contributed by atoms with E-state index >= 15 is 0 Å². The fourth-order valence-corrected chi connectivity index (χ4v) is 2.24. The molecule has 2 rings (SSSR count). The van der Waals surface area contributed by atoms with E-state index < -0.39 is 0 Å². The number of carbonyl (C=O) groups is 1. The van der Waals surface area contributed by atoms with E-state index in [9.17, 15) is 9.18 Å². The van der Waals surface area contributed by atoms with E-state index in [-0.39, 0.29) is 23.7 Å². The first-order chi connectivity index (χ1) is 8.16. The predicted octanol–water partition coefficient (Wildman–Crippen LogP) is 1.57. The van der Waals surface area contributed by atoms with Crippen LogP contribution in [0, 0.1) is 11.7 Å². The normalized spacial score (nSPS) is 23.6. The van der Waals surface area contributed by atoms with Gasteiger partial charge in [0.25, 0.3) is 0 Å². The molecule has 0 heterocycles. The first-order valence-corrected chi connectivity index (χ1v) is 5.94. The van der Waals surface area contributed by atoms with Crippen LogP contribution in [0.4, 0.5) is 4.39 Å². The summed E-state index contributed by atoms with van der Waals surface area (Å²) in [4.78, 5) is 11.8. The van der Waals surface area contributed by atoms with Gasteiger partial charge in [-0.3, -0.25) is 4.79 Å². The van der Waals surface area contributed by atoms with E-state index in [2.05, 4.69) is 5.32 Å². The van der Waals surface area contributed by atoms with Crippen LogP contribution in [0.2, 0.25) is 0 Å². The molecule has 1 fully saturated rings. The lowest BCUT2D eigenvalue weighted by Gasteiger charge is -2.15. The lowest BCUT2D eigenvalue weighted by atomic mass is 10.0. The number of amides is 1. The largest absolute Gasteiger partial charge is 0.352 e. The second kappa shape index (κ2) is 5.27. The van der Waals surface area contributed by atoms with E-state index in [1.165, 1.54) is 12.1 Å². The quantitative estimate of drug-likeness (QED) is 0.837. The molecule has 1 aromatic rings. The first-order valence-electron chi connectivity index (χ1n) is 5.94. The molecule has 4 heteroatoms. The minimum absolute atomic E-state index is 0.0109. The van der Waals surface area contributed by atoms with Crippen molar-refractivity contribution >= 4 is 5.91 Å². The summed E-state index contributed by atoms with van der Waals surface area (Å²) in [5.41, 5.74) is 6.75. The van der Waals surface area contributed by atoms with Gasteiger partial charge in [0.15, 0.2) is 0 Å². The van der Waals surface area contributed by atoms with Crippen LogP contribution in [0.5, 0.6) is 0 Å². The highest BCUT2D eigenvalue weighted by Gasteiger charge is 2.29. The van der Waals surface area contributed by atoms with Gasteiger partial charge in [0.2, 0.25) is 5.91 Å². The van der Waals surface area contributed by atoms with Crippen molar-refractivity contribution in [1.29, 1.82) is 0 Å². The van der Waals surface area contributed by atoms with Crippen LogP contribution in [-0.2, 0) is 11.3 Å². The Morgan fingerprint density at radius 1 is 1.35 bits per heavy atom. The van der Waals surface area contributed by atoms with Crippen molar-refractivity contribution in [2.24, 2.45) is 11.7 Å². The minimum Gasteiger partial charge on any atom is -0.352 e. The van der Waals surface area contributed by atoms with Crippen LogP contribution >= 0.6 is 0 Å². The Labute approximate surface area is 100 Å². The van der Waals surface area contributed by atoms with Crippen molar-refractivity contribution in [3.63, 3.8) is 0 Å². The van der Waals surface area contributed by atoms with Crippen molar-refractivity contribution in [2.45, 2.75) is 31.8 Å². The third-order valence-electron chi connectivity index (χ3n) is 3.29. The average molecular weight is 236 g/mol. The molecule has 1 amide bonds. The highest BCUT2D eigenvalue weighted by molar-refractivity contribution is 5.79. The molecule has 0 aliphatic heterocycles. The van der Waals surface area contributed by atoms with Gasteiger partial charge < -0.3 is 11.1 Å². The number of carbonyl (C=O) groups excluding carboxylic acids is 1. The summed E-state index contributed by atoms with van der Waals surface area (Å²) < 4.78 is 12.7. The van der Waals surface area contributed by atoms with E-state index in [4.69, 9.17) is 5.73 Å². The summed E-state index contributed by atoms with van der Waals surface area (Å²) in [6.07, 6.45) is 2.82. The first kappa shape index (κ1) is 12.0. The lowest BCUT2D eigenvalue weighted by molar-refractivity contribution is -0.125. The van der Waals surface area contributed by atoms with Crippen molar-refractivity contribution < 1.29 is 9.18 Å². The molecular weight excluding hydrogens is 219 g/mol. The van der Waals surface area contributed by atoms with Gasteiger partial charge in [0.1, 0.15) is 5.82 Å². The molecule has 0 saturated heterocycles. The smallest absolute Gasteiger partial charge is 0.224 e. The number of rotatable bonds is 3. The van der Waals surface area contributed by atoms with Crippen LogP contribution in [-0.4, -0.2) is 11.9 Å².